The zero-order chi connectivity index (χ0) is 13.6. The average Bonchev–Trinajstić information content (AvgIpc) is 2.45. The van der Waals surface area contributed by atoms with Gasteiger partial charge in [0.15, 0.2) is 0 Å². The number of piperidine rings is 2. The minimum absolute atomic E-state index is 0.125. The molecule has 1 amide bonds. The maximum atomic E-state index is 12.0. The van der Waals surface area contributed by atoms with Crippen molar-refractivity contribution >= 4 is 5.91 Å². The molecule has 2 rings (SSSR count). The number of hydrogen-bond acceptors (Lipinski definition) is 4. The lowest BCUT2D eigenvalue weighted by Gasteiger charge is -2.44. The summed E-state index contributed by atoms with van der Waals surface area (Å²) in [6, 6.07) is 0. The molecule has 0 aliphatic carbocycles. The molecule has 0 radical (unpaired) electrons. The summed E-state index contributed by atoms with van der Waals surface area (Å²) in [4.78, 5) is 13.9. The predicted molar refractivity (Wildman–Crippen MR) is 73.0 cm³/mol. The number of hydrogen-bond donors (Lipinski definition) is 1. The monoisotopic (exact) mass is 270 g/mol. The number of amides is 1. The number of likely N-dealkylation sites (tertiary alicyclic amines) is 1. The van der Waals surface area contributed by atoms with Crippen molar-refractivity contribution in [2.24, 2.45) is 5.41 Å². The second kappa shape index (κ2) is 7.22. The molecule has 0 aromatic heterocycles. The highest BCUT2D eigenvalue weighted by molar-refractivity contribution is 5.77. The van der Waals surface area contributed by atoms with Crippen LogP contribution < -0.4 is 5.32 Å². The van der Waals surface area contributed by atoms with Crippen molar-refractivity contribution in [3.63, 3.8) is 0 Å². The van der Waals surface area contributed by atoms with Crippen LogP contribution in [0.25, 0.3) is 0 Å². The lowest BCUT2D eigenvalue weighted by atomic mass is 9.71. The molecule has 0 atom stereocenters. The quantitative estimate of drug-likeness (QED) is 0.745. The van der Waals surface area contributed by atoms with Crippen LogP contribution in [0.1, 0.15) is 25.7 Å². The molecule has 0 bridgehead atoms. The van der Waals surface area contributed by atoms with Crippen molar-refractivity contribution in [2.45, 2.75) is 25.7 Å². The van der Waals surface area contributed by atoms with Gasteiger partial charge in [-0.2, -0.15) is 0 Å². The maximum absolute atomic E-state index is 12.0. The van der Waals surface area contributed by atoms with Gasteiger partial charge in [0, 0.05) is 20.2 Å². The molecular formula is C14H26N2O3. The Balaban J connectivity index is 1.68. The smallest absolute Gasteiger partial charge is 0.248 e. The second-order valence-electron chi connectivity index (χ2n) is 5.68. The highest BCUT2D eigenvalue weighted by atomic mass is 16.5. The van der Waals surface area contributed by atoms with Gasteiger partial charge in [-0.25, -0.2) is 0 Å². The third-order valence-electron chi connectivity index (χ3n) is 4.50. The Labute approximate surface area is 115 Å². The third-order valence-corrected chi connectivity index (χ3v) is 4.50. The third kappa shape index (κ3) is 4.16. The summed E-state index contributed by atoms with van der Waals surface area (Å²) in [5.74, 6) is 0.125. The van der Waals surface area contributed by atoms with Crippen LogP contribution >= 0.6 is 0 Å². The zero-order valence-corrected chi connectivity index (χ0v) is 12.0. The van der Waals surface area contributed by atoms with E-state index >= 15 is 0 Å². The van der Waals surface area contributed by atoms with Crippen molar-refractivity contribution in [1.29, 1.82) is 0 Å². The van der Waals surface area contributed by atoms with Gasteiger partial charge in [0.25, 0.3) is 0 Å². The summed E-state index contributed by atoms with van der Waals surface area (Å²) in [5.41, 5.74) is 0.499. The van der Waals surface area contributed by atoms with Gasteiger partial charge >= 0.3 is 0 Å². The molecule has 19 heavy (non-hydrogen) atoms. The summed E-state index contributed by atoms with van der Waals surface area (Å²) in [5, 5.41) is 3.42. The van der Waals surface area contributed by atoms with Gasteiger partial charge in [-0.15, -0.1) is 0 Å². The Morgan fingerprint density at radius 2 is 1.84 bits per heavy atom. The van der Waals surface area contributed by atoms with Gasteiger partial charge in [0.1, 0.15) is 6.61 Å². The Morgan fingerprint density at radius 1 is 1.16 bits per heavy atom. The number of ether oxygens (including phenoxy) is 2. The molecular weight excluding hydrogens is 244 g/mol. The second-order valence-corrected chi connectivity index (χ2v) is 5.68. The molecule has 2 aliphatic rings. The topological polar surface area (TPSA) is 50.8 Å². The fourth-order valence-electron chi connectivity index (χ4n) is 3.08. The van der Waals surface area contributed by atoms with Crippen molar-refractivity contribution in [3.05, 3.63) is 0 Å². The van der Waals surface area contributed by atoms with Crippen LogP contribution in [-0.2, 0) is 14.3 Å². The minimum atomic E-state index is 0.125. The van der Waals surface area contributed by atoms with Crippen LogP contribution in [0, 0.1) is 5.41 Å². The number of carbonyl (C=O) groups excluding carboxylic acids is 1. The average molecular weight is 270 g/mol. The Bertz CT molecular complexity index is 280. The normalized spacial score (nSPS) is 22.7. The van der Waals surface area contributed by atoms with Gasteiger partial charge in [0.2, 0.25) is 5.91 Å². The fraction of sp³-hybridized carbons (Fsp3) is 0.929. The van der Waals surface area contributed by atoms with E-state index in [0.717, 1.165) is 39.0 Å². The van der Waals surface area contributed by atoms with Crippen LogP contribution in [0.4, 0.5) is 0 Å². The van der Waals surface area contributed by atoms with Gasteiger partial charge < -0.3 is 19.7 Å². The standard InChI is InChI=1S/C14H26N2O3/c1-18-10-11-19-12-13(17)16-8-4-14(5-9-16)2-6-15-7-3-14/h15H,2-12H2,1H3. The molecule has 1 spiro atoms. The molecule has 0 aromatic carbocycles. The number of rotatable bonds is 5. The first kappa shape index (κ1) is 14.8. The van der Waals surface area contributed by atoms with E-state index in [1.807, 2.05) is 4.90 Å². The molecule has 2 aliphatic heterocycles. The summed E-state index contributed by atoms with van der Waals surface area (Å²) >= 11 is 0. The first-order valence-electron chi connectivity index (χ1n) is 7.31. The van der Waals surface area contributed by atoms with E-state index < -0.39 is 0 Å². The van der Waals surface area contributed by atoms with Crippen molar-refractivity contribution in [3.8, 4) is 0 Å². The predicted octanol–water partition coefficient (Wildman–Crippen LogP) is 0.642. The summed E-state index contributed by atoms with van der Waals surface area (Å²) in [7, 11) is 1.63. The van der Waals surface area contributed by atoms with E-state index in [0.29, 0.717) is 18.6 Å². The van der Waals surface area contributed by atoms with Gasteiger partial charge in [0.05, 0.1) is 13.2 Å². The molecule has 0 saturated carbocycles. The van der Waals surface area contributed by atoms with Crippen LogP contribution in [0.5, 0.6) is 0 Å². The molecule has 110 valence electrons. The van der Waals surface area contributed by atoms with Gasteiger partial charge in [-0.3, -0.25) is 4.79 Å². The highest BCUT2D eigenvalue weighted by Crippen LogP contribution is 2.39. The molecule has 2 heterocycles. The number of methoxy groups -OCH3 is 1. The fourth-order valence-corrected chi connectivity index (χ4v) is 3.08. The Kier molecular flexibility index (Phi) is 5.60. The summed E-state index contributed by atoms with van der Waals surface area (Å²) in [6.45, 7) is 5.29. The van der Waals surface area contributed by atoms with Gasteiger partial charge in [-0.1, -0.05) is 0 Å². The lowest BCUT2D eigenvalue weighted by molar-refractivity contribution is -0.139. The number of nitrogens with one attached hydrogen (secondary N) is 1. The molecule has 0 aromatic rings. The van der Waals surface area contributed by atoms with E-state index in [1.54, 1.807) is 7.11 Å². The lowest BCUT2D eigenvalue weighted by Crippen LogP contribution is -2.48. The molecule has 2 fully saturated rings. The van der Waals surface area contributed by atoms with Crippen molar-refractivity contribution in [2.75, 3.05) is 53.1 Å². The van der Waals surface area contributed by atoms with E-state index in [1.165, 1.54) is 12.8 Å². The van der Waals surface area contributed by atoms with E-state index in [2.05, 4.69) is 5.32 Å². The Morgan fingerprint density at radius 3 is 2.47 bits per heavy atom. The van der Waals surface area contributed by atoms with Crippen LogP contribution in [0.2, 0.25) is 0 Å². The largest absolute Gasteiger partial charge is 0.382 e. The van der Waals surface area contributed by atoms with Crippen LogP contribution in [0.15, 0.2) is 0 Å². The molecule has 1 N–H and O–H groups in total. The van der Waals surface area contributed by atoms with Gasteiger partial charge in [-0.05, 0) is 44.2 Å². The summed E-state index contributed by atoms with van der Waals surface area (Å²) < 4.78 is 10.2. The van der Waals surface area contributed by atoms with E-state index in [-0.39, 0.29) is 12.5 Å². The first-order chi connectivity index (χ1) is 9.26. The maximum Gasteiger partial charge on any atom is 0.248 e. The number of carbonyl (C=O) groups is 1. The highest BCUT2D eigenvalue weighted by Gasteiger charge is 2.36. The molecule has 5 heteroatoms. The number of nitrogens with zero attached hydrogens (tertiary/aromatic N) is 1. The van der Waals surface area contributed by atoms with Crippen LogP contribution in [-0.4, -0.2) is 63.9 Å². The van der Waals surface area contributed by atoms with Crippen LogP contribution in [0.3, 0.4) is 0 Å². The summed E-state index contributed by atoms with van der Waals surface area (Å²) in [6.07, 6.45) is 4.83. The Hall–Kier alpha value is -0.650. The van der Waals surface area contributed by atoms with Crippen molar-refractivity contribution < 1.29 is 14.3 Å². The van der Waals surface area contributed by atoms with E-state index in [4.69, 9.17) is 9.47 Å². The SMILES string of the molecule is COCCOCC(=O)N1CCC2(CCNCC2)CC1. The van der Waals surface area contributed by atoms with E-state index in [9.17, 15) is 4.79 Å². The van der Waals surface area contributed by atoms with Crippen molar-refractivity contribution in [1.82, 2.24) is 10.2 Å². The zero-order valence-electron chi connectivity index (χ0n) is 12.0. The molecule has 0 unspecified atom stereocenters. The molecule has 5 nitrogen and oxygen atoms in total. The molecule has 2 saturated heterocycles. The first-order valence-corrected chi connectivity index (χ1v) is 7.31. The minimum Gasteiger partial charge on any atom is -0.382 e.